The first-order chi connectivity index (χ1) is 5.11. The van der Waals surface area contributed by atoms with Gasteiger partial charge in [0, 0.05) is 0 Å². The predicted octanol–water partition coefficient (Wildman–Crippen LogP) is 1.71. The molecule has 0 aliphatic carbocycles. The molecule has 0 radical (unpaired) electrons. The molecule has 0 aromatic carbocycles. The minimum Gasteiger partial charge on any atom is -0.364 e. The maximum absolute atomic E-state index is 10.6. The Kier molecular flexibility index (Phi) is 2.62. The van der Waals surface area contributed by atoms with E-state index >= 15 is 0 Å². The van der Waals surface area contributed by atoms with Crippen molar-refractivity contribution in [1.29, 1.82) is 0 Å². The third-order valence-electron chi connectivity index (χ3n) is 1.06. The highest BCUT2D eigenvalue weighted by molar-refractivity contribution is 9.13. The highest BCUT2D eigenvalue weighted by atomic mass is 79.9. The summed E-state index contributed by atoms with van der Waals surface area (Å²) in [6.45, 7) is 0. The fraction of sp³-hybridized carbons (Fsp3) is 0. The zero-order valence-electron chi connectivity index (χ0n) is 5.34. The molecule has 0 saturated carbocycles. The van der Waals surface area contributed by atoms with Crippen molar-refractivity contribution in [1.82, 2.24) is 4.98 Å². The number of halogens is 2. The highest BCUT2D eigenvalue weighted by Gasteiger charge is 2.03. The van der Waals surface area contributed by atoms with Gasteiger partial charge in [-0.05, 0) is 44.0 Å². The van der Waals surface area contributed by atoms with Gasteiger partial charge in [-0.15, -0.1) is 0 Å². The molecule has 0 aliphatic rings. The number of hydrogen-bond acceptors (Lipinski definition) is 2. The van der Waals surface area contributed by atoms with Gasteiger partial charge in [-0.3, -0.25) is 4.79 Å². The van der Waals surface area contributed by atoms with Gasteiger partial charge in [0.15, 0.2) is 0 Å². The largest absolute Gasteiger partial charge is 0.364 e. The molecule has 58 valence electrons. The normalized spacial score (nSPS) is 9.64. The van der Waals surface area contributed by atoms with Crippen LogP contribution >= 0.6 is 31.9 Å². The molecule has 5 heteroatoms. The van der Waals surface area contributed by atoms with Gasteiger partial charge in [-0.25, -0.2) is 4.98 Å². The van der Waals surface area contributed by atoms with Crippen LogP contribution < -0.4 is 5.73 Å². The number of nitrogens with zero attached hydrogens (tertiary/aromatic N) is 1. The number of amides is 1. The molecule has 1 aromatic heterocycles. The number of carbonyl (C=O) groups excluding carboxylic acids is 1. The molecule has 11 heavy (non-hydrogen) atoms. The minimum absolute atomic E-state index is 0.250. The molecule has 0 saturated heterocycles. The Morgan fingerprint density at radius 1 is 1.45 bits per heavy atom. The molecule has 0 atom stereocenters. The van der Waals surface area contributed by atoms with E-state index in [1.807, 2.05) is 0 Å². The van der Waals surface area contributed by atoms with Gasteiger partial charge in [0.05, 0.1) is 4.47 Å². The SMILES string of the molecule is NC(=O)c1ccc(Br)c(Br)n1. The third-order valence-corrected chi connectivity index (χ3v) is 2.83. The molecule has 1 aromatic rings. The van der Waals surface area contributed by atoms with E-state index in [4.69, 9.17) is 5.73 Å². The van der Waals surface area contributed by atoms with Gasteiger partial charge >= 0.3 is 0 Å². The standard InChI is InChI=1S/C6H4Br2N2O/c7-3-1-2-4(6(9)11)10-5(3)8/h1-2H,(H2,9,11). The highest BCUT2D eigenvalue weighted by Crippen LogP contribution is 2.19. The van der Waals surface area contributed by atoms with E-state index in [1.54, 1.807) is 12.1 Å². The molecule has 1 heterocycles. The maximum atomic E-state index is 10.6. The second-order valence-corrected chi connectivity index (χ2v) is 3.44. The third kappa shape index (κ3) is 2.00. The fourth-order valence-electron chi connectivity index (χ4n) is 0.555. The average Bonchev–Trinajstić information content (AvgIpc) is 1.94. The first-order valence-corrected chi connectivity index (χ1v) is 4.31. The van der Waals surface area contributed by atoms with Crippen molar-refractivity contribution in [2.75, 3.05) is 0 Å². The second-order valence-electron chi connectivity index (χ2n) is 1.83. The van der Waals surface area contributed by atoms with Crippen LogP contribution in [0.2, 0.25) is 0 Å². The number of hydrogen-bond donors (Lipinski definition) is 1. The van der Waals surface area contributed by atoms with Crippen LogP contribution in [0.25, 0.3) is 0 Å². The summed E-state index contributed by atoms with van der Waals surface area (Å²) in [7, 11) is 0. The van der Waals surface area contributed by atoms with Gasteiger partial charge in [-0.1, -0.05) is 0 Å². The Hall–Kier alpha value is -0.420. The summed E-state index contributed by atoms with van der Waals surface area (Å²) in [4.78, 5) is 14.5. The molecule has 0 unspecified atom stereocenters. The summed E-state index contributed by atoms with van der Waals surface area (Å²) in [5.41, 5.74) is 5.25. The Bertz CT molecular complexity index is 301. The summed E-state index contributed by atoms with van der Waals surface area (Å²) in [5.74, 6) is -0.529. The van der Waals surface area contributed by atoms with Gasteiger partial charge < -0.3 is 5.73 Å². The molecule has 0 fully saturated rings. The van der Waals surface area contributed by atoms with Crippen LogP contribution in [0.1, 0.15) is 10.5 Å². The maximum Gasteiger partial charge on any atom is 0.267 e. The number of nitrogens with two attached hydrogens (primary N) is 1. The van der Waals surface area contributed by atoms with Crippen molar-refractivity contribution < 1.29 is 4.79 Å². The van der Waals surface area contributed by atoms with Crippen LogP contribution in [0.4, 0.5) is 0 Å². The van der Waals surface area contributed by atoms with Crippen molar-refractivity contribution >= 4 is 37.8 Å². The van der Waals surface area contributed by atoms with Gasteiger partial charge in [0.25, 0.3) is 5.91 Å². The van der Waals surface area contributed by atoms with E-state index < -0.39 is 5.91 Å². The lowest BCUT2D eigenvalue weighted by Gasteiger charge is -1.96. The van der Waals surface area contributed by atoms with E-state index in [9.17, 15) is 4.79 Å². The molecule has 2 N–H and O–H groups in total. The van der Waals surface area contributed by atoms with E-state index in [-0.39, 0.29) is 5.69 Å². The van der Waals surface area contributed by atoms with Crippen molar-refractivity contribution in [3.05, 3.63) is 26.9 Å². The van der Waals surface area contributed by atoms with E-state index in [1.165, 1.54) is 0 Å². The average molecular weight is 280 g/mol. The smallest absolute Gasteiger partial charge is 0.267 e. The molecule has 1 amide bonds. The van der Waals surface area contributed by atoms with E-state index in [2.05, 4.69) is 36.8 Å². The van der Waals surface area contributed by atoms with Crippen LogP contribution in [0.15, 0.2) is 21.2 Å². The van der Waals surface area contributed by atoms with Crippen LogP contribution in [0, 0.1) is 0 Å². The number of pyridine rings is 1. The lowest BCUT2D eigenvalue weighted by atomic mass is 10.3. The predicted molar refractivity (Wildman–Crippen MR) is 48.2 cm³/mol. The van der Waals surface area contributed by atoms with Gasteiger partial charge in [0.2, 0.25) is 0 Å². The number of rotatable bonds is 1. The van der Waals surface area contributed by atoms with Crippen molar-refractivity contribution in [3.8, 4) is 0 Å². The zero-order chi connectivity index (χ0) is 8.43. The minimum atomic E-state index is -0.529. The second kappa shape index (κ2) is 3.32. The molecule has 3 nitrogen and oxygen atoms in total. The van der Waals surface area contributed by atoms with E-state index in [0.717, 1.165) is 4.47 Å². The van der Waals surface area contributed by atoms with E-state index in [0.29, 0.717) is 4.60 Å². The van der Waals surface area contributed by atoms with Crippen LogP contribution in [-0.2, 0) is 0 Å². The van der Waals surface area contributed by atoms with Gasteiger partial charge in [-0.2, -0.15) is 0 Å². The summed E-state index contributed by atoms with van der Waals surface area (Å²) < 4.78 is 1.37. The van der Waals surface area contributed by atoms with Crippen LogP contribution in [0.3, 0.4) is 0 Å². The van der Waals surface area contributed by atoms with Gasteiger partial charge in [0.1, 0.15) is 10.3 Å². The first kappa shape index (κ1) is 8.67. The monoisotopic (exact) mass is 278 g/mol. The van der Waals surface area contributed by atoms with Crippen molar-refractivity contribution in [3.63, 3.8) is 0 Å². The Morgan fingerprint density at radius 2 is 2.09 bits per heavy atom. The van der Waals surface area contributed by atoms with Crippen molar-refractivity contribution in [2.45, 2.75) is 0 Å². The number of carbonyl (C=O) groups is 1. The molecule has 0 spiro atoms. The molecular formula is C6H4Br2N2O. The van der Waals surface area contributed by atoms with Crippen LogP contribution in [0.5, 0.6) is 0 Å². The molecular weight excluding hydrogens is 276 g/mol. The molecule has 0 bridgehead atoms. The summed E-state index contributed by atoms with van der Waals surface area (Å²) in [5, 5.41) is 0. The summed E-state index contributed by atoms with van der Waals surface area (Å²) >= 11 is 6.37. The Balaban J connectivity index is 3.15. The number of aromatic nitrogens is 1. The number of primary amides is 1. The Morgan fingerprint density at radius 3 is 2.55 bits per heavy atom. The first-order valence-electron chi connectivity index (χ1n) is 2.73. The molecule has 1 rings (SSSR count). The lowest BCUT2D eigenvalue weighted by Crippen LogP contribution is -2.12. The van der Waals surface area contributed by atoms with Crippen molar-refractivity contribution in [2.24, 2.45) is 5.73 Å². The topological polar surface area (TPSA) is 56.0 Å². The fourth-order valence-corrected chi connectivity index (χ4v) is 1.10. The summed E-state index contributed by atoms with van der Waals surface area (Å²) in [6, 6.07) is 3.26. The molecule has 0 aliphatic heterocycles. The zero-order valence-corrected chi connectivity index (χ0v) is 8.52. The lowest BCUT2D eigenvalue weighted by molar-refractivity contribution is 0.0995. The quantitative estimate of drug-likeness (QED) is 0.796. The summed E-state index contributed by atoms with van der Waals surface area (Å²) in [6.07, 6.45) is 0. The Labute approximate surface area is 80.3 Å². The van der Waals surface area contributed by atoms with Crippen LogP contribution in [-0.4, -0.2) is 10.9 Å².